The van der Waals surface area contributed by atoms with Gasteiger partial charge in [0.1, 0.15) is 5.78 Å². The van der Waals surface area contributed by atoms with Crippen molar-refractivity contribution in [3.63, 3.8) is 0 Å². The molecule has 2 rings (SSSR count). The van der Waals surface area contributed by atoms with Gasteiger partial charge in [0.2, 0.25) is 0 Å². The highest BCUT2D eigenvalue weighted by atomic mass is 32.1. The van der Waals surface area contributed by atoms with E-state index in [1.165, 1.54) is 11.7 Å². The van der Waals surface area contributed by atoms with E-state index in [0.717, 1.165) is 31.4 Å². The van der Waals surface area contributed by atoms with Crippen molar-refractivity contribution in [3.05, 3.63) is 11.9 Å². The summed E-state index contributed by atoms with van der Waals surface area (Å²) in [7, 11) is 0. The van der Waals surface area contributed by atoms with Crippen molar-refractivity contribution in [3.8, 4) is 0 Å². The molecule has 0 saturated heterocycles. The summed E-state index contributed by atoms with van der Waals surface area (Å²) >= 11 is 1.24. The van der Waals surface area contributed by atoms with Crippen LogP contribution in [-0.2, 0) is 11.2 Å². The van der Waals surface area contributed by atoms with Crippen LogP contribution in [0.3, 0.4) is 0 Å². The predicted molar refractivity (Wildman–Crippen MR) is 46.0 cm³/mol. The number of Topliss-reactive ketones (excluding diaryl/α,β-unsaturated/α-hetero) is 1. The van der Waals surface area contributed by atoms with Crippen LogP contribution in [0.1, 0.15) is 25.0 Å². The summed E-state index contributed by atoms with van der Waals surface area (Å²) in [5.41, 5.74) is 1.04. The first-order valence-electron chi connectivity index (χ1n) is 4.13. The standard InChI is InChI=1S/C8H10N2OS/c11-8-2-1-6(4-8)3-7-5-9-12-10-7/h5-6H,1-4H2. The molecule has 4 heteroatoms. The van der Waals surface area contributed by atoms with Crippen LogP contribution in [0, 0.1) is 5.92 Å². The van der Waals surface area contributed by atoms with Gasteiger partial charge in [0, 0.05) is 12.8 Å². The highest BCUT2D eigenvalue weighted by Crippen LogP contribution is 2.24. The predicted octanol–water partition coefficient (Wildman–Crippen LogP) is 1.45. The fourth-order valence-electron chi connectivity index (χ4n) is 1.64. The SMILES string of the molecule is O=C1CCC(Cc2cnsn2)C1. The lowest BCUT2D eigenvalue weighted by Crippen LogP contribution is -2.00. The van der Waals surface area contributed by atoms with Gasteiger partial charge in [0.25, 0.3) is 0 Å². The van der Waals surface area contributed by atoms with Gasteiger partial charge in [0.15, 0.2) is 0 Å². The third-order valence-electron chi connectivity index (χ3n) is 2.25. The van der Waals surface area contributed by atoms with Gasteiger partial charge in [0.05, 0.1) is 23.6 Å². The normalized spacial score (nSPS) is 23.3. The Labute approximate surface area is 75.1 Å². The van der Waals surface area contributed by atoms with Gasteiger partial charge >= 0.3 is 0 Å². The van der Waals surface area contributed by atoms with E-state index in [-0.39, 0.29) is 0 Å². The fourth-order valence-corrected chi connectivity index (χ4v) is 2.08. The molecule has 3 nitrogen and oxygen atoms in total. The quantitative estimate of drug-likeness (QED) is 0.695. The van der Waals surface area contributed by atoms with Crippen molar-refractivity contribution in [2.75, 3.05) is 0 Å². The van der Waals surface area contributed by atoms with Gasteiger partial charge in [-0.15, -0.1) is 0 Å². The second-order valence-electron chi connectivity index (χ2n) is 3.25. The monoisotopic (exact) mass is 182 g/mol. The molecule has 0 aromatic carbocycles. The molecular formula is C8H10N2OS. The molecule has 0 aliphatic heterocycles. The van der Waals surface area contributed by atoms with Crippen LogP contribution >= 0.6 is 11.7 Å². The molecule has 1 aromatic rings. The minimum absolute atomic E-state index is 0.406. The van der Waals surface area contributed by atoms with Crippen LogP contribution in [0.25, 0.3) is 0 Å². The first-order valence-corrected chi connectivity index (χ1v) is 4.86. The minimum atomic E-state index is 0.406. The zero-order valence-corrected chi connectivity index (χ0v) is 7.51. The second kappa shape index (κ2) is 3.31. The maximum absolute atomic E-state index is 10.9. The highest BCUT2D eigenvalue weighted by Gasteiger charge is 2.22. The fraction of sp³-hybridized carbons (Fsp3) is 0.625. The summed E-state index contributed by atoms with van der Waals surface area (Å²) in [5.74, 6) is 0.935. The van der Waals surface area contributed by atoms with Gasteiger partial charge in [-0.3, -0.25) is 4.79 Å². The van der Waals surface area contributed by atoms with Gasteiger partial charge in [-0.25, -0.2) is 0 Å². The molecule has 1 fully saturated rings. The Morgan fingerprint density at radius 2 is 2.58 bits per heavy atom. The van der Waals surface area contributed by atoms with Crippen LogP contribution < -0.4 is 0 Å². The maximum atomic E-state index is 10.9. The first-order chi connectivity index (χ1) is 5.84. The summed E-state index contributed by atoms with van der Waals surface area (Å²) in [6.45, 7) is 0. The maximum Gasteiger partial charge on any atom is 0.133 e. The van der Waals surface area contributed by atoms with Crippen LogP contribution in [0.2, 0.25) is 0 Å². The molecule has 1 atom stereocenters. The molecule has 1 heterocycles. The lowest BCUT2D eigenvalue weighted by atomic mass is 10.0. The van der Waals surface area contributed by atoms with E-state index in [4.69, 9.17) is 0 Å². The Balaban J connectivity index is 1.92. The third kappa shape index (κ3) is 1.69. The molecule has 0 amide bonds. The van der Waals surface area contributed by atoms with Crippen molar-refractivity contribution in [1.29, 1.82) is 0 Å². The number of carbonyl (C=O) groups is 1. The Morgan fingerprint density at radius 3 is 3.17 bits per heavy atom. The number of nitrogens with zero attached hydrogens (tertiary/aromatic N) is 2. The number of aromatic nitrogens is 2. The second-order valence-corrected chi connectivity index (χ2v) is 3.81. The zero-order chi connectivity index (χ0) is 8.39. The Kier molecular flexibility index (Phi) is 2.17. The Bertz CT molecular complexity index is 271. The molecule has 1 aromatic heterocycles. The molecule has 64 valence electrons. The topological polar surface area (TPSA) is 42.9 Å². The van der Waals surface area contributed by atoms with Gasteiger partial charge in [-0.1, -0.05) is 0 Å². The van der Waals surface area contributed by atoms with Crippen molar-refractivity contribution in [1.82, 2.24) is 8.75 Å². The molecule has 0 bridgehead atoms. The molecule has 0 radical (unpaired) electrons. The lowest BCUT2D eigenvalue weighted by molar-refractivity contribution is -0.117. The van der Waals surface area contributed by atoms with Crippen molar-refractivity contribution >= 4 is 17.5 Å². The van der Waals surface area contributed by atoms with Crippen molar-refractivity contribution in [2.45, 2.75) is 25.7 Å². The zero-order valence-electron chi connectivity index (χ0n) is 6.69. The van der Waals surface area contributed by atoms with Crippen molar-refractivity contribution < 1.29 is 4.79 Å². The number of ketones is 1. The summed E-state index contributed by atoms with van der Waals surface area (Å²) in [6.07, 6.45) is 5.28. The summed E-state index contributed by atoms with van der Waals surface area (Å²) < 4.78 is 8.05. The molecule has 12 heavy (non-hydrogen) atoms. The summed E-state index contributed by atoms with van der Waals surface area (Å²) in [5, 5.41) is 0. The van der Waals surface area contributed by atoms with Gasteiger partial charge in [-0.05, 0) is 18.8 Å². The van der Waals surface area contributed by atoms with E-state index >= 15 is 0 Å². The lowest BCUT2D eigenvalue weighted by Gasteiger charge is -2.02. The highest BCUT2D eigenvalue weighted by molar-refractivity contribution is 6.99. The third-order valence-corrected chi connectivity index (χ3v) is 2.77. The number of rotatable bonds is 2. The van der Waals surface area contributed by atoms with E-state index in [0.29, 0.717) is 11.7 Å². The number of carbonyl (C=O) groups excluding carboxylic acids is 1. The Hall–Kier alpha value is -0.770. The largest absolute Gasteiger partial charge is 0.300 e. The average molecular weight is 182 g/mol. The molecule has 1 saturated carbocycles. The van der Waals surface area contributed by atoms with Crippen LogP contribution in [-0.4, -0.2) is 14.5 Å². The van der Waals surface area contributed by atoms with Gasteiger partial charge < -0.3 is 0 Å². The minimum Gasteiger partial charge on any atom is -0.300 e. The average Bonchev–Trinajstić information content (AvgIpc) is 2.63. The molecular weight excluding hydrogens is 172 g/mol. The van der Waals surface area contributed by atoms with E-state index in [9.17, 15) is 4.79 Å². The molecule has 0 N–H and O–H groups in total. The molecule has 1 aliphatic rings. The van der Waals surface area contributed by atoms with E-state index < -0.39 is 0 Å². The summed E-state index contributed by atoms with van der Waals surface area (Å²) in [6, 6.07) is 0. The summed E-state index contributed by atoms with van der Waals surface area (Å²) in [4.78, 5) is 10.9. The van der Waals surface area contributed by atoms with Crippen LogP contribution in [0.5, 0.6) is 0 Å². The van der Waals surface area contributed by atoms with E-state index in [1.54, 1.807) is 6.20 Å². The molecule has 1 unspecified atom stereocenters. The number of hydrogen-bond acceptors (Lipinski definition) is 4. The van der Waals surface area contributed by atoms with Crippen LogP contribution in [0.15, 0.2) is 6.20 Å². The Morgan fingerprint density at radius 1 is 1.67 bits per heavy atom. The first kappa shape index (κ1) is 7.86. The molecule has 0 spiro atoms. The number of hydrogen-bond donors (Lipinski definition) is 0. The smallest absolute Gasteiger partial charge is 0.133 e. The molecule has 1 aliphatic carbocycles. The van der Waals surface area contributed by atoms with Gasteiger partial charge in [-0.2, -0.15) is 8.75 Å². The van der Waals surface area contributed by atoms with Crippen molar-refractivity contribution in [2.24, 2.45) is 5.92 Å². The van der Waals surface area contributed by atoms with E-state index in [1.807, 2.05) is 0 Å². The van der Waals surface area contributed by atoms with Crippen LogP contribution in [0.4, 0.5) is 0 Å². The van der Waals surface area contributed by atoms with E-state index in [2.05, 4.69) is 8.75 Å².